The molecule has 3 N–H and O–H groups in total. The summed E-state index contributed by atoms with van der Waals surface area (Å²) in [6.45, 7) is 1.90. The molecule has 2 aromatic heterocycles. The molecule has 4 rings (SSSR count). The summed E-state index contributed by atoms with van der Waals surface area (Å²) in [5, 5.41) is 3.62. The van der Waals surface area contributed by atoms with Crippen LogP contribution in [-0.2, 0) is 13.0 Å². The van der Waals surface area contributed by atoms with Gasteiger partial charge in [-0.1, -0.05) is 46.3 Å². The largest absolute Gasteiger partial charge is 0.455 e. The van der Waals surface area contributed by atoms with Gasteiger partial charge in [0.25, 0.3) is 0 Å². The fraction of sp³-hybridized carbons (Fsp3) is 0.143. The molecule has 0 unspecified atom stereocenters. The van der Waals surface area contributed by atoms with Crippen LogP contribution in [0.3, 0.4) is 0 Å². The van der Waals surface area contributed by atoms with Crippen molar-refractivity contribution in [3.63, 3.8) is 0 Å². The predicted molar refractivity (Wildman–Crippen MR) is 104 cm³/mol. The fourth-order valence-electron chi connectivity index (χ4n) is 3.10. The smallest absolute Gasteiger partial charge is 0.158 e. The van der Waals surface area contributed by atoms with Crippen molar-refractivity contribution < 1.29 is 9.73 Å². The lowest BCUT2D eigenvalue weighted by Crippen LogP contribution is -2.83. The van der Waals surface area contributed by atoms with Crippen LogP contribution >= 0.6 is 15.9 Å². The number of aromatic amines is 1. The van der Waals surface area contributed by atoms with Gasteiger partial charge in [-0.3, -0.25) is 0 Å². The molecular weight excluding hydrogens is 376 g/mol. The Morgan fingerprint density at radius 2 is 1.80 bits per heavy atom. The van der Waals surface area contributed by atoms with E-state index in [0.29, 0.717) is 0 Å². The van der Waals surface area contributed by atoms with Crippen molar-refractivity contribution in [3.05, 3.63) is 82.7 Å². The van der Waals surface area contributed by atoms with Crippen LogP contribution in [0.1, 0.15) is 11.3 Å². The highest BCUT2D eigenvalue weighted by atomic mass is 79.9. The summed E-state index contributed by atoms with van der Waals surface area (Å²) in [4.78, 5) is 3.34. The minimum absolute atomic E-state index is 0.860. The zero-order valence-electron chi connectivity index (χ0n) is 13.8. The molecule has 2 heterocycles. The van der Waals surface area contributed by atoms with Crippen molar-refractivity contribution in [1.82, 2.24) is 4.98 Å². The molecule has 0 bridgehead atoms. The third-order valence-electron chi connectivity index (χ3n) is 4.43. The van der Waals surface area contributed by atoms with Gasteiger partial charge in [0.1, 0.15) is 12.3 Å². The molecule has 25 heavy (non-hydrogen) atoms. The molecule has 4 aromatic rings. The van der Waals surface area contributed by atoms with Gasteiger partial charge in [-0.15, -0.1) is 0 Å². The Morgan fingerprint density at radius 1 is 0.960 bits per heavy atom. The SMILES string of the molecule is Brc1ccc(-c2ccc(C[NH2+]CCc3c[nH]c4ccccc34)o2)cc1. The van der Waals surface area contributed by atoms with Crippen LogP contribution in [0, 0.1) is 0 Å². The Hall–Kier alpha value is -2.30. The van der Waals surface area contributed by atoms with E-state index in [2.05, 4.69) is 74.9 Å². The van der Waals surface area contributed by atoms with Gasteiger partial charge in [0, 0.05) is 33.6 Å². The standard InChI is InChI=1S/C21H19BrN2O/c22-17-7-5-15(6-8-17)21-10-9-18(25-21)14-23-12-11-16-13-24-20-4-2-1-3-19(16)20/h1-10,13,23-24H,11-12,14H2/p+1. The third-order valence-corrected chi connectivity index (χ3v) is 4.96. The Kier molecular flexibility index (Phi) is 4.72. The third kappa shape index (κ3) is 3.70. The van der Waals surface area contributed by atoms with E-state index in [1.165, 1.54) is 16.5 Å². The number of benzene rings is 2. The van der Waals surface area contributed by atoms with Crippen molar-refractivity contribution in [1.29, 1.82) is 0 Å². The summed E-state index contributed by atoms with van der Waals surface area (Å²) in [5.41, 5.74) is 3.69. The van der Waals surface area contributed by atoms with Gasteiger partial charge in [-0.2, -0.15) is 0 Å². The first-order valence-corrected chi connectivity index (χ1v) is 9.30. The highest BCUT2D eigenvalue weighted by Gasteiger charge is 2.07. The number of quaternary nitrogens is 1. The van der Waals surface area contributed by atoms with Crippen molar-refractivity contribution in [3.8, 4) is 11.3 Å². The molecule has 126 valence electrons. The second kappa shape index (κ2) is 7.30. The summed E-state index contributed by atoms with van der Waals surface area (Å²) < 4.78 is 7.04. The number of hydrogen-bond acceptors (Lipinski definition) is 1. The Balaban J connectivity index is 1.32. The maximum Gasteiger partial charge on any atom is 0.158 e. The number of aromatic nitrogens is 1. The molecule has 0 saturated carbocycles. The second-order valence-corrected chi connectivity index (χ2v) is 7.08. The highest BCUT2D eigenvalue weighted by molar-refractivity contribution is 9.10. The van der Waals surface area contributed by atoms with Gasteiger partial charge in [0.15, 0.2) is 5.76 Å². The lowest BCUT2D eigenvalue weighted by atomic mass is 10.1. The number of nitrogens with two attached hydrogens (primary N) is 1. The van der Waals surface area contributed by atoms with Crippen LogP contribution in [0.4, 0.5) is 0 Å². The van der Waals surface area contributed by atoms with Crippen LogP contribution in [-0.4, -0.2) is 11.5 Å². The van der Waals surface area contributed by atoms with Gasteiger partial charge in [0.05, 0.1) is 6.54 Å². The zero-order chi connectivity index (χ0) is 17.1. The predicted octanol–water partition coefficient (Wildman–Crippen LogP) is 4.50. The molecule has 0 amide bonds. The number of nitrogens with one attached hydrogen (secondary N) is 1. The molecule has 0 saturated heterocycles. The molecule has 3 nitrogen and oxygen atoms in total. The first-order chi connectivity index (χ1) is 12.3. The number of fused-ring (bicyclic) bond motifs is 1. The van der Waals surface area contributed by atoms with Crippen molar-refractivity contribution in [2.75, 3.05) is 6.54 Å². The molecule has 0 aliphatic rings. The van der Waals surface area contributed by atoms with Gasteiger partial charge in [0.2, 0.25) is 0 Å². The fourth-order valence-corrected chi connectivity index (χ4v) is 3.36. The van der Waals surface area contributed by atoms with Crippen molar-refractivity contribution in [2.24, 2.45) is 0 Å². The topological polar surface area (TPSA) is 45.5 Å². The van der Waals surface area contributed by atoms with E-state index in [-0.39, 0.29) is 0 Å². The number of hydrogen-bond donors (Lipinski definition) is 2. The summed E-state index contributed by atoms with van der Waals surface area (Å²) in [6, 6.07) is 20.8. The number of para-hydroxylation sites is 1. The normalized spacial score (nSPS) is 11.2. The molecule has 0 radical (unpaired) electrons. The maximum absolute atomic E-state index is 5.96. The lowest BCUT2D eigenvalue weighted by molar-refractivity contribution is -0.671. The average molecular weight is 396 g/mol. The number of H-pyrrole nitrogens is 1. The number of furan rings is 1. The summed E-state index contributed by atoms with van der Waals surface area (Å²) in [6.07, 6.45) is 3.17. The molecule has 0 atom stereocenters. The van der Waals surface area contributed by atoms with Gasteiger partial charge >= 0.3 is 0 Å². The van der Waals surface area contributed by atoms with Crippen LogP contribution in [0.25, 0.3) is 22.2 Å². The average Bonchev–Trinajstić information content (AvgIpc) is 3.27. The molecule has 2 aromatic carbocycles. The van der Waals surface area contributed by atoms with Crippen LogP contribution in [0.15, 0.2) is 75.8 Å². The van der Waals surface area contributed by atoms with Crippen LogP contribution in [0.5, 0.6) is 0 Å². The maximum atomic E-state index is 5.96. The van der Waals surface area contributed by atoms with E-state index < -0.39 is 0 Å². The highest BCUT2D eigenvalue weighted by Crippen LogP contribution is 2.23. The number of halogens is 1. The molecule has 0 aliphatic heterocycles. The Labute approximate surface area is 155 Å². The second-order valence-electron chi connectivity index (χ2n) is 6.16. The van der Waals surface area contributed by atoms with Gasteiger partial charge in [-0.05, 0) is 35.9 Å². The quantitative estimate of drug-likeness (QED) is 0.464. The lowest BCUT2D eigenvalue weighted by Gasteiger charge is -2.00. The van der Waals surface area contributed by atoms with Gasteiger partial charge < -0.3 is 14.7 Å². The van der Waals surface area contributed by atoms with E-state index in [4.69, 9.17) is 4.42 Å². The van der Waals surface area contributed by atoms with E-state index in [0.717, 1.165) is 41.1 Å². The minimum Gasteiger partial charge on any atom is -0.455 e. The van der Waals surface area contributed by atoms with E-state index in [1.54, 1.807) is 0 Å². The van der Waals surface area contributed by atoms with Crippen molar-refractivity contribution >= 4 is 26.8 Å². The first kappa shape index (κ1) is 16.2. The summed E-state index contributed by atoms with van der Waals surface area (Å²) in [5.74, 6) is 1.93. The van der Waals surface area contributed by atoms with E-state index in [1.807, 2.05) is 18.2 Å². The molecule has 4 heteroatoms. The molecule has 0 fully saturated rings. The van der Waals surface area contributed by atoms with Gasteiger partial charge in [-0.25, -0.2) is 0 Å². The molecular formula is C21H20BrN2O+. The van der Waals surface area contributed by atoms with Crippen LogP contribution in [0.2, 0.25) is 0 Å². The number of rotatable bonds is 6. The van der Waals surface area contributed by atoms with Crippen LogP contribution < -0.4 is 5.32 Å². The summed E-state index contributed by atoms with van der Waals surface area (Å²) in [7, 11) is 0. The van der Waals surface area contributed by atoms with E-state index in [9.17, 15) is 0 Å². The molecule has 0 spiro atoms. The Morgan fingerprint density at radius 3 is 2.68 bits per heavy atom. The van der Waals surface area contributed by atoms with E-state index >= 15 is 0 Å². The monoisotopic (exact) mass is 395 g/mol. The Bertz CT molecular complexity index is 969. The minimum atomic E-state index is 0.860. The van der Waals surface area contributed by atoms with Crippen molar-refractivity contribution in [2.45, 2.75) is 13.0 Å². The molecule has 0 aliphatic carbocycles. The first-order valence-electron chi connectivity index (χ1n) is 8.51. The zero-order valence-corrected chi connectivity index (χ0v) is 15.4. The summed E-state index contributed by atoms with van der Waals surface area (Å²) >= 11 is 3.46.